The van der Waals surface area contributed by atoms with Crippen LogP contribution < -0.4 is 9.47 Å². The minimum Gasteiger partial charge on any atom is -0.456 e. The number of furan rings is 1. The number of hydrogen-bond donors (Lipinski definition) is 0. The molecule has 1 aliphatic rings. The van der Waals surface area contributed by atoms with E-state index in [9.17, 15) is 0 Å². The molecule has 0 fully saturated rings. The second-order valence-electron chi connectivity index (χ2n) is 11.7. The molecule has 0 N–H and O–H groups in total. The van der Waals surface area contributed by atoms with Crippen LogP contribution in [0.2, 0.25) is 0 Å². The molecule has 1 aliphatic heterocycles. The fourth-order valence-corrected chi connectivity index (χ4v) is 6.62. The average Bonchev–Trinajstić information content (AvgIpc) is 3.53. The average molecular weight is 558 g/mol. The van der Waals surface area contributed by atoms with E-state index in [1.807, 2.05) is 26.0 Å². The van der Waals surface area contributed by atoms with Gasteiger partial charge in [-0.05, 0) is 71.8 Å². The van der Waals surface area contributed by atoms with Gasteiger partial charge in [0.15, 0.2) is 0 Å². The number of benzene rings is 6. The third-order valence-corrected chi connectivity index (χ3v) is 8.49. The van der Waals surface area contributed by atoms with E-state index in [1.54, 1.807) is 0 Å². The summed E-state index contributed by atoms with van der Waals surface area (Å²) >= 11 is 0. The molecule has 0 amide bonds. The summed E-state index contributed by atoms with van der Waals surface area (Å²) in [4.78, 5) is 0. The minimum atomic E-state index is -0.829. The minimum absolute atomic E-state index is 0.793. The lowest BCUT2D eigenvalue weighted by Gasteiger charge is -2.25. The van der Waals surface area contributed by atoms with Gasteiger partial charge in [0.2, 0.25) is 5.79 Å². The van der Waals surface area contributed by atoms with Gasteiger partial charge in [-0.15, -0.1) is 0 Å². The Morgan fingerprint density at radius 1 is 0.488 bits per heavy atom. The zero-order valence-electron chi connectivity index (χ0n) is 23.8. The molecule has 0 saturated heterocycles. The predicted molar refractivity (Wildman–Crippen MR) is 174 cm³/mol. The second kappa shape index (κ2) is 8.76. The molecule has 6 aromatic carbocycles. The quantitative estimate of drug-likeness (QED) is 0.212. The first-order valence-corrected chi connectivity index (χ1v) is 14.6. The maximum Gasteiger partial charge on any atom is 0.245 e. The number of rotatable bonds is 2. The Morgan fingerprint density at radius 2 is 1.05 bits per heavy atom. The number of fused-ring (bicyclic) bond motifs is 9. The van der Waals surface area contributed by atoms with Gasteiger partial charge in [0, 0.05) is 52.2 Å². The Labute approximate surface area is 248 Å². The van der Waals surface area contributed by atoms with E-state index < -0.39 is 5.79 Å². The van der Waals surface area contributed by atoms with Crippen LogP contribution in [-0.4, -0.2) is 10.4 Å². The summed E-state index contributed by atoms with van der Waals surface area (Å²) in [5.74, 6) is 0.758. The molecule has 0 saturated carbocycles. The molecule has 0 bridgehead atoms. The van der Waals surface area contributed by atoms with Gasteiger partial charge in [-0.3, -0.25) is 0 Å². The highest BCUT2D eigenvalue weighted by atomic mass is 16.7. The third-order valence-electron chi connectivity index (χ3n) is 8.49. The van der Waals surface area contributed by atoms with E-state index in [4.69, 9.17) is 13.9 Å². The first-order chi connectivity index (χ1) is 21.0. The molecule has 0 spiro atoms. The van der Waals surface area contributed by atoms with Crippen molar-refractivity contribution in [1.29, 1.82) is 0 Å². The Kier molecular flexibility index (Phi) is 4.92. The molecule has 4 heteroatoms. The van der Waals surface area contributed by atoms with E-state index in [0.717, 1.165) is 61.4 Å². The Morgan fingerprint density at radius 3 is 1.79 bits per heavy atom. The maximum absolute atomic E-state index is 6.47. The highest BCUT2D eigenvalue weighted by Gasteiger charge is 2.30. The largest absolute Gasteiger partial charge is 0.456 e. The van der Waals surface area contributed by atoms with Crippen molar-refractivity contribution in [2.24, 2.45) is 0 Å². The standard InChI is InChI=1S/C39H27NO3/c1-39(2)42-37-19-16-25(24-15-18-36-30(21-24)29-11-5-8-14-35(29)41-36)22-31(37)32-23-26(17-20-38(32)43-39)40-33-12-6-3-9-27(33)28-10-4-7-13-34(28)40/h3-23H,1-2H3. The van der Waals surface area contributed by atoms with Gasteiger partial charge < -0.3 is 18.5 Å². The van der Waals surface area contributed by atoms with Crippen molar-refractivity contribution in [2.75, 3.05) is 0 Å². The Bertz CT molecular complexity index is 2340. The van der Waals surface area contributed by atoms with E-state index in [0.29, 0.717) is 0 Å². The van der Waals surface area contributed by atoms with Gasteiger partial charge in [-0.25, -0.2) is 0 Å². The van der Waals surface area contributed by atoms with Gasteiger partial charge in [-0.2, -0.15) is 0 Å². The third kappa shape index (κ3) is 3.70. The summed E-state index contributed by atoms with van der Waals surface area (Å²) in [5.41, 5.74) is 9.41. The molecule has 8 aromatic rings. The second-order valence-corrected chi connectivity index (χ2v) is 11.7. The fourth-order valence-electron chi connectivity index (χ4n) is 6.62. The molecule has 3 heterocycles. The van der Waals surface area contributed by atoms with Crippen molar-refractivity contribution in [3.63, 3.8) is 0 Å². The van der Waals surface area contributed by atoms with Crippen LogP contribution in [0.3, 0.4) is 0 Å². The number of hydrogen-bond acceptors (Lipinski definition) is 3. The summed E-state index contributed by atoms with van der Waals surface area (Å²) in [6.45, 7) is 3.91. The van der Waals surface area contributed by atoms with Gasteiger partial charge in [-0.1, -0.05) is 66.7 Å². The van der Waals surface area contributed by atoms with Crippen molar-refractivity contribution in [2.45, 2.75) is 19.6 Å². The number of ether oxygens (including phenoxy) is 2. The zero-order chi connectivity index (χ0) is 28.7. The Balaban J connectivity index is 1.26. The van der Waals surface area contributed by atoms with Crippen LogP contribution in [0.15, 0.2) is 132 Å². The van der Waals surface area contributed by atoms with Gasteiger partial charge >= 0.3 is 0 Å². The summed E-state index contributed by atoms with van der Waals surface area (Å²) < 4.78 is 21.4. The first kappa shape index (κ1) is 24.2. The van der Waals surface area contributed by atoms with Crippen LogP contribution in [0.1, 0.15) is 13.8 Å². The molecular weight excluding hydrogens is 530 g/mol. The summed E-state index contributed by atoms with van der Waals surface area (Å²) in [7, 11) is 0. The molecule has 206 valence electrons. The molecule has 9 rings (SSSR count). The lowest BCUT2D eigenvalue weighted by molar-refractivity contribution is -0.0778. The van der Waals surface area contributed by atoms with Crippen molar-refractivity contribution in [3.8, 4) is 39.4 Å². The number of aromatic nitrogens is 1. The summed E-state index contributed by atoms with van der Waals surface area (Å²) in [5, 5.41) is 4.70. The first-order valence-electron chi connectivity index (χ1n) is 14.6. The van der Waals surface area contributed by atoms with Crippen LogP contribution in [-0.2, 0) is 0 Å². The van der Waals surface area contributed by atoms with Gasteiger partial charge in [0.05, 0.1) is 11.0 Å². The van der Waals surface area contributed by atoms with Crippen LogP contribution in [0.4, 0.5) is 0 Å². The molecule has 43 heavy (non-hydrogen) atoms. The van der Waals surface area contributed by atoms with E-state index >= 15 is 0 Å². The van der Waals surface area contributed by atoms with Gasteiger partial charge in [0.1, 0.15) is 22.7 Å². The van der Waals surface area contributed by atoms with Crippen molar-refractivity contribution in [1.82, 2.24) is 4.57 Å². The summed E-state index contributed by atoms with van der Waals surface area (Å²) in [6.07, 6.45) is 0. The molecule has 0 atom stereocenters. The van der Waals surface area contributed by atoms with Gasteiger partial charge in [0.25, 0.3) is 0 Å². The van der Waals surface area contributed by atoms with Crippen LogP contribution in [0, 0.1) is 0 Å². The molecule has 0 aliphatic carbocycles. The predicted octanol–water partition coefficient (Wildman–Crippen LogP) is 10.5. The molecule has 2 aromatic heterocycles. The lowest BCUT2D eigenvalue weighted by Crippen LogP contribution is -2.34. The number of nitrogens with zero attached hydrogens (tertiary/aromatic N) is 1. The normalized spacial score (nSPS) is 13.9. The topological polar surface area (TPSA) is 36.5 Å². The smallest absolute Gasteiger partial charge is 0.245 e. The van der Waals surface area contributed by atoms with E-state index in [-0.39, 0.29) is 0 Å². The highest BCUT2D eigenvalue weighted by molar-refractivity contribution is 6.09. The molecule has 4 nitrogen and oxygen atoms in total. The van der Waals surface area contributed by atoms with Crippen LogP contribution in [0.5, 0.6) is 11.5 Å². The highest BCUT2D eigenvalue weighted by Crippen LogP contribution is 2.46. The van der Waals surface area contributed by atoms with Crippen molar-refractivity contribution >= 4 is 43.7 Å². The lowest BCUT2D eigenvalue weighted by atomic mass is 9.96. The fraction of sp³-hybridized carbons (Fsp3) is 0.0769. The van der Waals surface area contributed by atoms with Crippen LogP contribution >= 0.6 is 0 Å². The van der Waals surface area contributed by atoms with E-state index in [2.05, 4.69) is 120 Å². The summed E-state index contributed by atoms with van der Waals surface area (Å²) in [6, 6.07) is 44.6. The monoisotopic (exact) mass is 557 g/mol. The number of para-hydroxylation sites is 3. The Hall–Kier alpha value is -5.48. The van der Waals surface area contributed by atoms with Crippen molar-refractivity contribution in [3.05, 3.63) is 127 Å². The maximum atomic E-state index is 6.47. The van der Waals surface area contributed by atoms with Crippen LogP contribution in [0.25, 0.3) is 71.7 Å². The molecular formula is C39H27NO3. The molecule has 0 unspecified atom stereocenters. The van der Waals surface area contributed by atoms with E-state index in [1.165, 1.54) is 21.8 Å². The van der Waals surface area contributed by atoms with Crippen molar-refractivity contribution < 1.29 is 13.9 Å². The molecule has 0 radical (unpaired) electrons. The zero-order valence-corrected chi connectivity index (χ0v) is 23.8. The SMILES string of the molecule is CC1(C)Oc2ccc(-c3ccc4oc5ccccc5c4c3)cc2-c2cc(-n3c4ccccc4c4ccccc43)ccc2O1.